The predicted molar refractivity (Wildman–Crippen MR) is 55.4 cm³/mol. The SMILES string of the molecule is O=C(NC1C2C3CCC(C3)C12)c1cn[nH]n1. The second-order valence-corrected chi connectivity index (χ2v) is 5.34. The highest BCUT2D eigenvalue weighted by Crippen LogP contribution is 2.65. The van der Waals surface area contributed by atoms with Crippen LogP contribution in [0.15, 0.2) is 6.20 Å². The Kier molecular flexibility index (Phi) is 1.55. The fraction of sp³-hybridized carbons (Fsp3) is 0.727. The summed E-state index contributed by atoms with van der Waals surface area (Å²) in [7, 11) is 0. The first kappa shape index (κ1) is 8.73. The molecule has 3 aliphatic rings. The zero-order valence-electron chi connectivity index (χ0n) is 8.89. The van der Waals surface area contributed by atoms with Crippen molar-refractivity contribution in [1.29, 1.82) is 0 Å². The average Bonchev–Trinajstić information content (AvgIpc) is 2.81. The van der Waals surface area contributed by atoms with Gasteiger partial charge in [-0.1, -0.05) is 0 Å². The lowest BCUT2D eigenvalue weighted by Crippen LogP contribution is -2.30. The lowest BCUT2D eigenvalue weighted by Gasteiger charge is -2.09. The minimum atomic E-state index is -0.0763. The Morgan fingerprint density at radius 3 is 2.75 bits per heavy atom. The van der Waals surface area contributed by atoms with Crippen molar-refractivity contribution in [2.75, 3.05) is 0 Å². The minimum Gasteiger partial charge on any atom is -0.347 e. The highest BCUT2D eigenvalue weighted by atomic mass is 16.2. The number of aromatic amines is 1. The monoisotopic (exact) mass is 218 g/mol. The van der Waals surface area contributed by atoms with E-state index < -0.39 is 0 Å². The smallest absolute Gasteiger partial charge is 0.273 e. The van der Waals surface area contributed by atoms with E-state index in [-0.39, 0.29) is 5.91 Å². The lowest BCUT2D eigenvalue weighted by molar-refractivity contribution is 0.0939. The largest absolute Gasteiger partial charge is 0.347 e. The third-order valence-electron chi connectivity index (χ3n) is 4.68. The number of nitrogens with one attached hydrogen (secondary N) is 2. The maximum absolute atomic E-state index is 11.8. The first-order valence-electron chi connectivity index (χ1n) is 6.01. The molecule has 0 spiro atoms. The third kappa shape index (κ3) is 1.03. The van der Waals surface area contributed by atoms with Crippen molar-refractivity contribution >= 4 is 5.91 Å². The maximum Gasteiger partial charge on any atom is 0.273 e. The molecule has 3 aliphatic carbocycles. The molecule has 2 bridgehead atoms. The number of H-pyrrole nitrogens is 1. The molecule has 4 rings (SSSR count). The average molecular weight is 218 g/mol. The minimum absolute atomic E-state index is 0.0763. The standard InChI is InChI=1S/C11H14N4O/c16-11(7-4-12-15-14-7)13-10-8-5-1-2-6(3-5)9(8)10/h4-6,8-10H,1-3H2,(H,13,16)(H,12,14,15). The zero-order chi connectivity index (χ0) is 10.7. The molecule has 5 heteroatoms. The Balaban J connectivity index is 1.46. The Bertz CT molecular complexity index is 413. The molecule has 0 aromatic carbocycles. The Labute approximate surface area is 93.0 Å². The summed E-state index contributed by atoms with van der Waals surface area (Å²) in [6.45, 7) is 0. The van der Waals surface area contributed by atoms with Crippen LogP contribution in [0.2, 0.25) is 0 Å². The van der Waals surface area contributed by atoms with Crippen LogP contribution in [0, 0.1) is 23.7 Å². The van der Waals surface area contributed by atoms with Gasteiger partial charge in [0.15, 0.2) is 5.69 Å². The van der Waals surface area contributed by atoms with E-state index in [0.29, 0.717) is 11.7 Å². The summed E-state index contributed by atoms with van der Waals surface area (Å²) in [6, 6.07) is 0.426. The molecule has 2 N–H and O–H groups in total. The fourth-order valence-electron chi connectivity index (χ4n) is 4.05. The molecule has 0 saturated heterocycles. The fourth-order valence-corrected chi connectivity index (χ4v) is 4.05. The van der Waals surface area contributed by atoms with Gasteiger partial charge in [0.1, 0.15) is 0 Å². The van der Waals surface area contributed by atoms with E-state index in [1.807, 2.05) is 0 Å². The topological polar surface area (TPSA) is 70.7 Å². The molecule has 1 aromatic rings. The Hall–Kier alpha value is -1.39. The van der Waals surface area contributed by atoms with Crippen LogP contribution in [-0.4, -0.2) is 27.4 Å². The Morgan fingerprint density at radius 1 is 1.38 bits per heavy atom. The highest BCUT2D eigenvalue weighted by molar-refractivity contribution is 5.92. The number of nitrogens with zero attached hydrogens (tertiary/aromatic N) is 2. The summed E-state index contributed by atoms with van der Waals surface area (Å²) in [5.41, 5.74) is 0.400. The summed E-state index contributed by atoms with van der Waals surface area (Å²) in [4.78, 5) is 11.8. The molecule has 5 nitrogen and oxygen atoms in total. The van der Waals surface area contributed by atoms with Gasteiger partial charge in [0.05, 0.1) is 6.20 Å². The van der Waals surface area contributed by atoms with Gasteiger partial charge in [0, 0.05) is 6.04 Å². The van der Waals surface area contributed by atoms with Crippen LogP contribution >= 0.6 is 0 Å². The van der Waals surface area contributed by atoms with E-state index in [9.17, 15) is 4.79 Å². The molecule has 1 heterocycles. The van der Waals surface area contributed by atoms with Crippen molar-refractivity contribution in [3.63, 3.8) is 0 Å². The number of aromatic nitrogens is 3. The van der Waals surface area contributed by atoms with Crippen LogP contribution in [0.25, 0.3) is 0 Å². The zero-order valence-corrected chi connectivity index (χ0v) is 8.89. The molecule has 0 aliphatic heterocycles. The molecule has 0 radical (unpaired) electrons. The molecule has 4 atom stereocenters. The molecular formula is C11H14N4O. The van der Waals surface area contributed by atoms with Crippen molar-refractivity contribution < 1.29 is 4.79 Å². The van der Waals surface area contributed by atoms with E-state index in [1.165, 1.54) is 25.5 Å². The number of hydrogen-bond acceptors (Lipinski definition) is 3. The predicted octanol–water partition coefficient (Wildman–Crippen LogP) is 0.579. The van der Waals surface area contributed by atoms with Crippen LogP contribution < -0.4 is 5.32 Å². The van der Waals surface area contributed by atoms with Crippen molar-refractivity contribution in [1.82, 2.24) is 20.7 Å². The summed E-state index contributed by atoms with van der Waals surface area (Å²) in [5, 5.41) is 13.0. The second-order valence-electron chi connectivity index (χ2n) is 5.34. The number of amides is 1. The van der Waals surface area contributed by atoms with Crippen molar-refractivity contribution in [2.24, 2.45) is 23.7 Å². The van der Waals surface area contributed by atoms with Gasteiger partial charge >= 0.3 is 0 Å². The lowest BCUT2D eigenvalue weighted by atomic mass is 10.0. The van der Waals surface area contributed by atoms with E-state index in [2.05, 4.69) is 20.7 Å². The van der Waals surface area contributed by atoms with Crippen LogP contribution in [0.3, 0.4) is 0 Å². The molecular weight excluding hydrogens is 204 g/mol. The van der Waals surface area contributed by atoms with Crippen LogP contribution in [-0.2, 0) is 0 Å². The molecule has 1 aromatic heterocycles. The molecule has 3 fully saturated rings. The summed E-state index contributed by atoms with van der Waals surface area (Å²) < 4.78 is 0. The van der Waals surface area contributed by atoms with Crippen LogP contribution in [0.1, 0.15) is 29.8 Å². The molecule has 3 saturated carbocycles. The highest BCUT2D eigenvalue weighted by Gasteiger charge is 2.65. The van der Waals surface area contributed by atoms with E-state index in [0.717, 1.165) is 23.7 Å². The van der Waals surface area contributed by atoms with Crippen LogP contribution in [0.5, 0.6) is 0 Å². The summed E-state index contributed by atoms with van der Waals surface area (Å²) in [5.74, 6) is 3.24. The van der Waals surface area contributed by atoms with Gasteiger partial charge in [0.25, 0.3) is 5.91 Å². The van der Waals surface area contributed by atoms with E-state index >= 15 is 0 Å². The summed E-state index contributed by atoms with van der Waals surface area (Å²) >= 11 is 0. The molecule has 84 valence electrons. The van der Waals surface area contributed by atoms with Gasteiger partial charge in [-0.25, -0.2) is 0 Å². The van der Waals surface area contributed by atoms with E-state index in [1.54, 1.807) is 0 Å². The van der Waals surface area contributed by atoms with Gasteiger partial charge in [-0.05, 0) is 42.9 Å². The maximum atomic E-state index is 11.8. The normalized spacial score (nSPS) is 43.1. The first-order valence-corrected chi connectivity index (χ1v) is 6.01. The van der Waals surface area contributed by atoms with Gasteiger partial charge < -0.3 is 5.32 Å². The van der Waals surface area contributed by atoms with Crippen molar-refractivity contribution in [3.05, 3.63) is 11.9 Å². The van der Waals surface area contributed by atoms with Crippen molar-refractivity contribution in [3.8, 4) is 0 Å². The second kappa shape index (κ2) is 2.84. The van der Waals surface area contributed by atoms with Gasteiger partial charge in [-0.15, -0.1) is 0 Å². The molecule has 16 heavy (non-hydrogen) atoms. The quantitative estimate of drug-likeness (QED) is 0.762. The number of carbonyl (C=O) groups excluding carboxylic acids is 1. The van der Waals surface area contributed by atoms with Crippen molar-refractivity contribution in [2.45, 2.75) is 25.3 Å². The van der Waals surface area contributed by atoms with Gasteiger partial charge in [-0.3, -0.25) is 4.79 Å². The van der Waals surface area contributed by atoms with Gasteiger partial charge in [0.2, 0.25) is 0 Å². The number of fused-ring (bicyclic) bond motifs is 5. The van der Waals surface area contributed by atoms with Crippen LogP contribution in [0.4, 0.5) is 0 Å². The van der Waals surface area contributed by atoms with Gasteiger partial charge in [-0.2, -0.15) is 15.4 Å². The molecule has 4 unspecified atom stereocenters. The van der Waals surface area contributed by atoms with E-state index in [4.69, 9.17) is 0 Å². The number of carbonyl (C=O) groups is 1. The molecule has 1 amide bonds. The number of hydrogen-bond donors (Lipinski definition) is 2. The third-order valence-corrected chi connectivity index (χ3v) is 4.68. The Morgan fingerprint density at radius 2 is 2.12 bits per heavy atom. The summed E-state index contributed by atoms with van der Waals surface area (Å²) in [6.07, 6.45) is 5.64. The first-order chi connectivity index (χ1) is 7.84. The number of rotatable bonds is 2.